The smallest absolute Gasteiger partial charge is 0.254 e. The van der Waals surface area contributed by atoms with Crippen molar-refractivity contribution >= 4 is 22.6 Å². The van der Waals surface area contributed by atoms with Gasteiger partial charge in [-0.2, -0.15) is 5.53 Å². The van der Waals surface area contributed by atoms with Gasteiger partial charge < -0.3 is 25.4 Å². The normalized spacial score (nSPS) is 25.5. The van der Waals surface area contributed by atoms with Crippen LogP contribution in [0.4, 0.5) is 0 Å². The van der Waals surface area contributed by atoms with Crippen LogP contribution in [-0.2, 0) is 4.79 Å². The van der Waals surface area contributed by atoms with Crippen molar-refractivity contribution in [3.63, 3.8) is 0 Å². The topological polar surface area (TPSA) is 85.9 Å². The van der Waals surface area contributed by atoms with Crippen LogP contribution in [0.3, 0.4) is 0 Å². The standard InChI is InChI=1S/C27H33N5O3/c1-16(2)35-25-11-19(9-17-5-3-4-6-22(17)25)27(34)32-14-20-12-31(13-21(20)15-32)26(33)18-7-8-23-24(10-18)29-30-28-23/h3-6,9,11,16,18,20-21,28-30H,7-8,10,12-15H2,1-2H3. The number of carbonyl (C=O) groups is 2. The molecule has 3 atom stereocenters. The Morgan fingerprint density at radius 1 is 0.971 bits per heavy atom. The molecule has 0 radical (unpaired) electrons. The largest absolute Gasteiger partial charge is 0.490 e. The molecule has 4 aliphatic rings. The molecule has 6 rings (SSSR count). The van der Waals surface area contributed by atoms with Crippen molar-refractivity contribution in [2.75, 3.05) is 26.2 Å². The Balaban J connectivity index is 1.12. The summed E-state index contributed by atoms with van der Waals surface area (Å²) >= 11 is 0. The molecule has 2 amide bonds. The molecule has 3 heterocycles. The van der Waals surface area contributed by atoms with Gasteiger partial charge in [-0.3, -0.25) is 9.59 Å². The highest BCUT2D eigenvalue weighted by atomic mass is 16.5. The maximum Gasteiger partial charge on any atom is 0.254 e. The number of ether oxygens (including phenoxy) is 1. The molecule has 2 fully saturated rings. The van der Waals surface area contributed by atoms with Crippen LogP contribution in [0, 0.1) is 17.8 Å². The van der Waals surface area contributed by atoms with E-state index in [1.807, 2.05) is 60.0 Å². The van der Waals surface area contributed by atoms with Crippen molar-refractivity contribution < 1.29 is 14.3 Å². The van der Waals surface area contributed by atoms with Crippen molar-refractivity contribution in [1.82, 2.24) is 26.2 Å². The number of rotatable bonds is 4. The number of hydrogen-bond donors (Lipinski definition) is 3. The molecule has 2 aromatic rings. The van der Waals surface area contributed by atoms with Gasteiger partial charge in [-0.15, -0.1) is 0 Å². The van der Waals surface area contributed by atoms with E-state index in [9.17, 15) is 9.59 Å². The second-order valence-corrected chi connectivity index (χ2v) is 10.6. The Kier molecular flexibility index (Phi) is 5.56. The number of allylic oxidation sites excluding steroid dienone is 2. The van der Waals surface area contributed by atoms with E-state index in [0.29, 0.717) is 30.5 Å². The predicted octanol–water partition coefficient (Wildman–Crippen LogP) is 2.78. The zero-order valence-corrected chi connectivity index (χ0v) is 20.3. The lowest BCUT2D eigenvalue weighted by Gasteiger charge is -2.28. The minimum Gasteiger partial charge on any atom is -0.490 e. The zero-order chi connectivity index (χ0) is 24.1. The van der Waals surface area contributed by atoms with Crippen LogP contribution in [0.25, 0.3) is 10.8 Å². The number of nitrogens with one attached hydrogen (secondary N) is 3. The van der Waals surface area contributed by atoms with Gasteiger partial charge in [0.15, 0.2) is 0 Å². The first-order chi connectivity index (χ1) is 17.0. The molecule has 0 bridgehead atoms. The van der Waals surface area contributed by atoms with Gasteiger partial charge in [0, 0.05) is 72.7 Å². The number of carbonyl (C=O) groups excluding carboxylic acids is 2. The molecular formula is C27H33N5O3. The van der Waals surface area contributed by atoms with Crippen LogP contribution in [0.15, 0.2) is 47.8 Å². The fourth-order valence-corrected chi connectivity index (χ4v) is 6.13. The molecule has 8 nitrogen and oxygen atoms in total. The van der Waals surface area contributed by atoms with E-state index in [0.717, 1.165) is 54.6 Å². The van der Waals surface area contributed by atoms with E-state index in [4.69, 9.17) is 4.74 Å². The van der Waals surface area contributed by atoms with Gasteiger partial charge in [0.05, 0.1) is 6.10 Å². The summed E-state index contributed by atoms with van der Waals surface area (Å²) in [4.78, 5) is 30.8. The number of fused-ring (bicyclic) bond motifs is 2. The van der Waals surface area contributed by atoms with Gasteiger partial charge in [0.2, 0.25) is 5.91 Å². The Labute approximate surface area is 205 Å². The molecule has 2 saturated heterocycles. The van der Waals surface area contributed by atoms with Gasteiger partial charge in [0.1, 0.15) is 5.75 Å². The van der Waals surface area contributed by atoms with E-state index in [-0.39, 0.29) is 23.8 Å². The number of likely N-dealkylation sites (tertiary alicyclic amines) is 2. The van der Waals surface area contributed by atoms with Crippen LogP contribution >= 0.6 is 0 Å². The van der Waals surface area contributed by atoms with Crippen molar-refractivity contribution in [2.45, 2.75) is 39.2 Å². The highest BCUT2D eigenvalue weighted by molar-refractivity contribution is 6.01. The molecule has 2 aromatic carbocycles. The third-order valence-corrected chi connectivity index (χ3v) is 7.85. The number of nitrogens with zero attached hydrogens (tertiary/aromatic N) is 2. The summed E-state index contributed by atoms with van der Waals surface area (Å²) < 4.78 is 6.05. The first-order valence-corrected chi connectivity index (χ1v) is 12.7. The summed E-state index contributed by atoms with van der Waals surface area (Å²) in [7, 11) is 0. The minimum absolute atomic E-state index is 0.0300. The van der Waals surface area contributed by atoms with Gasteiger partial charge >= 0.3 is 0 Å². The Morgan fingerprint density at radius 3 is 2.46 bits per heavy atom. The van der Waals surface area contributed by atoms with Crippen LogP contribution in [0.2, 0.25) is 0 Å². The first kappa shape index (κ1) is 22.2. The van der Waals surface area contributed by atoms with Gasteiger partial charge in [-0.25, -0.2) is 0 Å². The summed E-state index contributed by atoms with van der Waals surface area (Å²) in [5, 5.41) is 2.04. The quantitative estimate of drug-likeness (QED) is 0.631. The SMILES string of the molecule is CC(C)Oc1cc(C(=O)N2CC3CN(C(=O)C4CCC5=C(C4)NNN5)CC3C2)cc2ccccc12. The maximum atomic E-state index is 13.5. The fraction of sp³-hybridized carbons (Fsp3) is 0.481. The summed E-state index contributed by atoms with van der Waals surface area (Å²) in [6.07, 6.45) is 2.56. The average molecular weight is 476 g/mol. The van der Waals surface area contributed by atoms with Gasteiger partial charge in [-0.05, 0) is 44.2 Å². The lowest BCUT2D eigenvalue weighted by molar-refractivity contribution is -0.135. The van der Waals surface area contributed by atoms with Gasteiger partial charge in [-0.1, -0.05) is 24.3 Å². The van der Waals surface area contributed by atoms with Crippen molar-refractivity contribution in [2.24, 2.45) is 17.8 Å². The number of amides is 2. The molecule has 1 aliphatic carbocycles. The molecule has 0 spiro atoms. The highest BCUT2D eigenvalue weighted by Gasteiger charge is 2.44. The van der Waals surface area contributed by atoms with Gasteiger partial charge in [0.25, 0.3) is 5.91 Å². The maximum absolute atomic E-state index is 13.5. The highest BCUT2D eigenvalue weighted by Crippen LogP contribution is 2.36. The second-order valence-electron chi connectivity index (χ2n) is 10.6. The zero-order valence-electron chi connectivity index (χ0n) is 20.3. The molecule has 3 unspecified atom stereocenters. The van der Waals surface area contributed by atoms with Crippen LogP contribution in [0.1, 0.15) is 43.5 Å². The van der Waals surface area contributed by atoms with Crippen molar-refractivity contribution in [3.05, 3.63) is 53.4 Å². The number of hydrogen-bond acceptors (Lipinski definition) is 6. The third-order valence-electron chi connectivity index (χ3n) is 7.85. The fourth-order valence-electron chi connectivity index (χ4n) is 6.13. The lowest BCUT2D eigenvalue weighted by Crippen LogP contribution is -2.39. The summed E-state index contributed by atoms with van der Waals surface area (Å²) in [5.74, 6) is 1.81. The Morgan fingerprint density at radius 2 is 1.69 bits per heavy atom. The van der Waals surface area contributed by atoms with E-state index in [1.165, 1.54) is 5.70 Å². The summed E-state index contributed by atoms with van der Waals surface area (Å²) in [6, 6.07) is 11.9. The minimum atomic E-state index is 0.0300. The molecule has 8 heteroatoms. The van der Waals surface area contributed by atoms with Crippen molar-refractivity contribution in [1.29, 1.82) is 0 Å². The summed E-state index contributed by atoms with van der Waals surface area (Å²) in [6.45, 7) is 6.90. The molecule has 35 heavy (non-hydrogen) atoms. The molecule has 0 aromatic heterocycles. The van der Waals surface area contributed by atoms with E-state index in [1.54, 1.807) is 0 Å². The van der Waals surface area contributed by atoms with E-state index in [2.05, 4.69) is 16.4 Å². The Hall–Kier alpha value is -3.26. The molecule has 0 saturated carbocycles. The second kappa shape index (κ2) is 8.75. The molecule has 3 N–H and O–H groups in total. The first-order valence-electron chi connectivity index (χ1n) is 12.7. The van der Waals surface area contributed by atoms with E-state index >= 15 is 0 Å². The Bertz CT molecular complexity index is 1190. The van der Waals surface area contributed by atoms with Crippen LogP contribution in [-0.4, -0.2) is 53.9 Å². The lowest BCUT2D eigenvalue weighted by atomic mass is 9.89. The summed E-state index contributed by atoms with van der Waals surface area (Å²) in [5.41, 5.74) is 12.1. The van der Waals surface area contributed by atoms with Crippen LogP contribution < -0.4 is 21.1 Å². The van der Waals surface area contributed by atoms with Crippen LogP contribution in [0.5, 0.6) is 5.75 Å². The predicted molar refractivity (Wildman–Crippen MR) is 133 cm³/mol. The molecule has 184 valence electrons. The average Bonchev–Trinajstić information content (AvgIpc) is 3.57. The third kappa shape index (κ3) is 4.10. The number of benzene rings is 2. The van der Waals surface area contributed by atoms with E-state index < -0.39 is 0 Å². The molecular weight excluding hydrogens is 442 g/mol. The number of hydrazine groups is 2. The monoisotopic (exact) mass is 475 g/mol. The van der Waals surface area contributed by atoms with Crippen molar-refractivity contribution in [3.8, 4) is 5.75 Å². The molecule has 3 aliphatic heterocycles.